The van der Waals surface area contributed by atoms with Gasteiger partial charge in [-0.15, -0.1) is 0 Å². The van der Waals surface area contributed by atoms with Crippen LogP contribution < -0.4 is 10.4 Å². The zero-order valence-corrected chi connectivity index (χ0v) is 22.2. The first-order chi connectivity index (χ1) is 17.7. The maximum Gasteiger partial charge on any atom is 0.270 e. The largest absolute Gasteiger partial charge is 0.270 e. The number of nitro groups is 1. The van der Waals surface area contributed by atoms with E-state index in [0.29, 0.717) is 0 Å². The van der Waals surface area contributed by atoms with Gasteiger partial charge in [-0.05, 0) is 60.7 Å². The molecule has 7 heteroatoms. The van der Waals surface area contributed by atoms with Gasteiger partial charge in [0.15, 0.2) is 0 Å². The van der Waals surface area contributed by atoms with Crippen molar-refractivity contribution < 1.29 is 4.92 Å². The van der Waals surface area contributed by atoms with Crippen molar-refractivity contribution >= 4 is 88.8 Å². The molecule has 0 atom stereocenters. The Balaban J connectivity index is 1.52. The summed E-state index contributed by atoms with van der Waals surface area (Å²) in [5.74, 6) is 0. The van der Waals surface area contributed by atoms with E-state index in [4.69, 9.17) is 0 Å². The van der Waals surface area contributed by atoms with Gasteiger partial charge in [0.25, 0.3) is 5.69 Å². The van der Waals surface area contributed by atoms with Crippen LogP contribution in [0, 0.1) is 10.1 Å². The number of thioether (sulfide) groups is 4. The lowest BCUT2D eigenvalue weighted by molar-refractivity contribution is -0.384. The molecule has 0 saturated carbocycles. The molecule has 0 bridgehead atoms. The molecule has 0 amide bonds. The average molecular weight is 542 g/mol. The van der Waals surface area contributed by atoms with Gasteiger partial charge >= 0.3 is 0 Å². The predicted octanol–water partition coefficient (Wildman–Crippen LogP) is 8.19. The first-order valence-electron chi connectivity index (χ1n) is 11.3. The number of benzene rings is 4. The van der Waals surface area contributed by atoms with E-state index in [1.54, 1.807) is 59.2 Å². The number of nitrogens with zero attached hydrogens (tertiary/aromatic N) is 1. The molecule has 4 aromatic carbocycles. The third-order valence-corrected chi connectivity index (χ3v) is 10.3. The normalized spacial score (nSPS) is 15.2. The van der Waals surface area contributed by atoms with Crippen molar-refractivity contribution in [2.24, 2.45) is 0 Å². The molecule has 36 heavy (non-hydrogen) atoms. The standard InChI is InChI=1S/C29H19NO2S4/c31-30(32)21-8-4-7-19(17-21)5-3-6-20-11-12-24-25(18-20)27(29-35-15-16-36-29)23-10-2-1-9-22(23)26(24)28-33-13-14-34-28/h1-5,7-18H,6H2/b5-3+. The van der Waals surface area contributed by atoms with E-state index in [1.807, 2.05) is 12.1 Å². The zero-order chi connectivity index (χ0) is 24.5. The molecule has 0 spiro atoms. The van der Waals surface area contributed by atoms with E-state index >= 15 is 0 Å². The van der Waals surface area contributed by atoms with Gasteiger partial charge in [0, 0.05) is 22.6 Å². The number of hydrogen-bond donors (Lipinski definition) is 0. The fraction of sp³-hybridized carbons (Fsp3) is 0.0345. The fourth-order valence-electron chi connectivity index (χ4n) is 4.52. The number of allylic oxidation sites excluding steroid dienone is 1. The lowest BCUT2D eigenvalue weighted by atomic mass is 9.96. The Labute approximate surface area is 225 Å². The summed E-state index contributed by atoms with van der Waals surface area (Å²) in [5.41, 5.74) is 2.15. The van der Waals surface area contributed by atoms with E-state index in [9.17, 15) is 10.1 Å². The monoisotopic (exact) mass is 541 g/mol. The Bertz CT molecular complexity index is 1730. The van der Waals surface area contributed by atoms with Crippen molar-refractivity contribution in [2.45, 2.75) is 6.42 Å². The minimum atomic E-state index is -0.357. The van der Waals surface area contributed by atoms with Gasteiger partial charge in [-0.3, -0.25) is 10.1 Å². The van der Waals surface area contributed by atoms with Crippen LogP contribution in [-0.4, -0.2) is 4.92 Å². The summed E-state index contributed by atoms with van der Waals surface area (Å²) in [7, 11) is 0. The second kappa shape index (κ2) is 10.3. The summed E-state index contributed by atoms with van der Waals surface area (Å²) < 4.78 is 2.62. The second-order valence-electron chi connectivity index (χ2n) is 8.22. The third-order valence-electron chi connectivity index (χ3n) is 6.05. The Hall–Kier alpha value is -2.84. The van der Waals surface area contributed by atoms with Crippen LogP contribution in [0.1, 0.15) is 11.1 Å². The van der Waals surface area contributed by atoms with E-state index < -0.39 is 0 Å². The maximum absolute atomic E-state index is 11.1. The summed E-state index contributed by atoms with van der Waals surface area (Å²) >= 11 is 7.16. The minimum absolute atomic E-state index is 0.110. The van der Waals surface area contributed by atoms with Gasteiger partial charge in [0.2, 0.25) is 0 Å². The van der Waals surface area contributed by atoms with Crippen molar-refractivity contribution in [3.05, 3.63) is 126 Å². The Morgan fingerprint density at radius 3 is 1.94 bits per heavy atom. The highest BCUT2D eigenvalue weighted by Crippen LogP contribution is 2.41. The molecule has 0 fully saturated rings. The molecule has 0 radical (unpaired) electrons. The highest BCUT2D eigenvalue weighted by Gasteiger charge is 2.15. The van der Waals surface area contributed by atoms with Gasteiger partial charge in [-0.1, -0.05) is 114 Å². The number of non-ortho nitro benzene ring substituents is 1. The Morgan fingerprint density at radius 1 is 0.694 bits per heavy atom. The summed E-state index contributed by atoms with van der Waals surface area (Å²) in [6, 6.07) is 22.3. The van der Waals surface area contributed by atoms with Crippen LogP contribution in [0.4, 0.5) is 5.69 Å². The second-order valence-corrected chi connectivity index (χ2v) is 12.4. The van der Waals surface area contributed by atoms with Crippen LogP contribution in [0.25, 0.3) is 36.1 Å². The van der Waals surface area contributed by atoms with Crippen LogP contribution in [0.15, 0.2) is 94.4 Å². The van der Waals surface area contributed by atoms with Crippen LogP contribution in [0.2, 0.25) is 0 Å². The summed E-state index contributed by atoms with van der Waals surface area (Å²) in [4.78, 5) is 10.7. The fourth-order valence-corrected chi connectivity index (χ4v) is 8.36. The number of hydrogen-bond acceptors (Lipinski definition) is 6. The van der Waals surface area contributed by atoms with Gasteiger partial charge in [-0.2, -0.15) is 0 Å². The molecular weight excluding hydrogens is 523 g/mol. The highest BCUT2D eigenvalue weighted by atomic mass is 32.2. The molecule has 2 aliphatic rings. The van der Waals surface area contributed by atoms with Gasteiger partial charge in [0.1, 0.15) is 0 Å². The Kier molecular flexibility index (Phi) is 6.71. The molecular formula is C29H19NO2S4. The molecule has 0 unspecified atom stereocenters. The number of fused-ring (bicyclic) bond motifs is 2. The molecule has 0 N–H and O–H groups in total. The van der Waals surface area contributed by atoms with E-state index in [2.05, 4.69) is 70.2 Å². The van der Waals surface area contributed by atoms with E-state index in [0.717, 1.165) is 12.0 Å². The maximum atomic E-state index is 11.1. The Morgan fingerprint density at radius 2 is 1.31 bits per heavy atom. The molecule has 6 rings (SSSR count). The predicted molar refractivity (Wildman–Crippen MR) is 162 cm³/mol. The highest BCUT2D eigenvalue weighted by molar-refractivity contribution is 8.35. The molecule has 0 aliphatic carbocycles. The van der Waals surface area contributed by atoms with Crippen LogP contribution in [-0.2, 0) is 6.42 Å². The molecule has 3 nitrogen and oxygen atoms in total. The minimum Gasteiger partial charge on any atom is -0.258 e. The first-order valence-corrected chi connectivity index (χ1v) is 14.8. The van der Waals surface area contributed by atoms with Crippen LogP contribution in [0.3, 0.4) is 0 Å². The zero-order valence-electron chi connectivity index (χ0n) is 18.9. The third kappa shape index (κ3) is 4.52. The molecule has 176 valence electrons. The summed E-state index contributed by atoms with van der Waals surface area (Å²) in [6.45, 7) is 0. The van der Waals surface area contributed by atoms with Gasteiger partial charge < -0.3 is 0 Å². The SMILES string of the molecule is O=[N+]([O-])c1cccc(/C=C/Cc2ccc3c(=C4SC=CS4)c4ccccc4c(=C4SC=CS4)c3c2)c1. The van der Waals surface area contributed by atoms with Crippen molar-refractivity contribution in [3.63, 3.8) is 0 Å². The molecule has 4 aromatic rings. The number of nitro benzene ring substituents is 1. The van der Waals surface area contributed by atoms with Crippen molar-refractivity contribution in [3.8, 4) is 0 Å². The molecule has 0 aromatic heterocycles. The first kappa shape index (κ1) is 23.6. The van der Waals surface area contributed by atoms with Crippen LogP contribution >= 0.6 is 47.0 Å². The topological polar surface area (TPSA) is 43.1 Å². The van der Waals surface area contributed by atoms with Crippen LogP contribution in [0.5, 0.6) is 0 Å². The van der Waals surface area contributed by atoms with E-state index in [-0.39, 0.29) is 10.6 Å². The van der Waals surface area contributed by atoms with Crippen molar-refractivity contribution in [1.29, 1.82) is 0 Å². The smallest absolute Gasteiger partial charge is 0.258 e. The number of rotatable bonds is 4. The molecule has 2 heterocycles. The molecule has 2 aliphatic heterocycles. The van der Waals surface area contributed by atoms with Gasteiger partial charge in [-0.25, -0.2) is 0 Å². The van der Waals surface area contributed by atoms with E-state index in [1.165, 1.54) is 52.1 Å². The van der Waals surface area contributed by atoms with Crippen molar-refractivity contribution in [2.75, 3.05) is 0 Å². The average Bonchev–Trinajstić information content (AvgIpc) is 3.62. The summed E-state index contributed by atoms with van der Waals surface area (Å²) in [5, 5.41) is 27.4. The summed E-state index contributed by atoms with van der Waals surface area (Å²) in [6.07, 6.45) is 4.78. The molecule has 0 saturated heterocycles. The lowest BCUT2D eigenvalue weighted by Crippen LogP contribution is -2.17. The van der Waals surface area contributed by atoms with Gasteiger partial charge in [0.05, 0.1) is 13.4 Å². The lowest BCUT2D eigenvalue weighted by Gasteiger charge is -2.12. The van der Waals surface area contributed by atoms with Crippen molar-refractivity contribution in [1.82, 2.24) is 0 Å². The quantitative estimate of drug-likeness (QED) is 0.147.